The number of amides is 2. The number of hydrogen-bond acceptors (Lipinski definition) is 2. The van der Waals surface area contributed by atoms with Gasteiger partial charge in [-0.05, 0) is 31.9 Å². The van der Waals surface area contributed by atoms with E-state index in [1.165, 1.54) is 32.1 Å². The molecule has 1 aliphatic rings. The molecule has 5 nitrogen and oxygen atoms in total. The second-order valence-corrected chi connectivity index (χ2v) is 6.52. The Morgan fingerprint density at radius 2 is 1.87 bits per heavy atom. The monoisotopic (exact) mass is 314 g/mol. The number of aromatic amines is 1. The highest BCUT2D eigenvalue weighted by atomic mass is 16.2. The topological polar surface area (TPSA) is 69.8 Å². The summed E-state index contributed by atoms with van der Waals surface area (Å²) >= 11 is 0. The molecule has 1 aromatic heterocycles. The third kappa shape index (κ3) is 4.24. The molecule has 0 spiro atoms. The number of H-pyrrole nitrogens is 1. The molecule has 1 aliphatic carbocycles. The molecule has 0 radical (unpaired) electrons. The van der Waals surface area contributed by atoms with Gasteiger partial charge in [0.15, 0.2) is 0 Å². The van der Waals surface area contributed by atoms with Gasteiger partial charge in [0.05, 0.1) is 17.1 Å². The summed E-state index contributed by atoms with van der Waals surface area (Å²) in [4.78, 5) is 20.1. The maximum absolute atomic E-state index is 12.2. The van der Waals surface area contributed by atoms with Crippen molar-refractivity contribution in [3.63, 3.8) is 0 Å². The van der Waals surface area contributed by atoms with E-state index in [1.807, 2.05) is 31.2 Å². The van der Waals surface area contributed by atoms with Crippen LogP contribution < -0.4 is 10.6 Å². The van der Waals surface area contributed by atoms with E-state index in [2.05, 4.69) is 20.6 Å². The molecule has 5 heteroatoms. The SMILES string of the molecule is CC(NC(=O)NC1CCCCCCC1)c1nc2ccccc2[nH]1. The zero-order chi connectivity index (χ0) is 16.1. The number of imidazole rings is 1. The zero-order valence-electron chi connectivity index (χ0n) is 13.8. The minimum absolute atomic E-state index is 0.0940. The van der Waals surface area contributed by atoms with E-state index < -0.39 is 0 Å². The number of carbonyl (C=O) groups is 1. The van der Waals surface area contributed by atoms with E-state index >= 15 is 0 Å². The Morgan fingerprint density at radius 3 is 2.61 bits per heavy atom. The Morgan fingerprint density at radius 1 is 1.17 bits per heavy atom. The van der Waals surface area contributed by atoms with Crippen LogP contribution in [-0.2, 0) is 0 Å². The van der Waals surface area contributed by atoms with Gasteiger partial charge >= 0.3 is 6.03 Å². The number of fused-ring (bicyclic) bond motifs is 1. The van der Waals surface area contributed by atoms with Crippen LogP contribution in [0.1, 0.15) is 63.7 Å². The van der Waals surface area contributed by atoms with Gasteiger partial charge in [-0.15, -0.1) is 0 Å². The zero-order valence-corrected chi connectivity index (χ0v) is 13.8. The lowest BCUT2D eigenvalue weighted by molar-refractivity contribution is 0.230. The average molecular weight is 314 g/mol. The number of rotatable bonds is 3. The number of urea groups is 1. The molecule has 124 valence electrons. The Kier molecular flexibility index (Phi) is 5.16. The van der Waals surface area contributed by atoms with Gasteiger partial charge in [-0.2, -0.15) is 0 Å². The Balaban J connectivity index is 1.55. The Hall–Kier alpha value is -2.04. The van der Waals surface area contributed by atoms with Crippen LogP contribution in [0.3, 0.4) is 0 Å². The van der Waals surface area contributed by atoms with Crippen molar-refractivity contribution in [3.8, 4) is 0 Å². The maximum Gasteiger partial charge on any atom is 0.315 e. The van der Waals surface area contributed by atoms with Crippen LogP contribution in [0, 0.1) is 0 Å². The van der Waals surface area contributed by atoms with Gasteiger partial charge in [-0.25, -0.2) is 9.78 Å². The van der Waals surface area contributed by atoms with Crippen molar-refractivity contribution in [1.82, 2.24) is 20.6 Å². The van der Waals surface area contributed by atoms with Crippen LogP contribution in [0.2, 0.25) is 0 Å². The van der Waals surface area contributed by atoms with Crippen LogP contribution in [0.4, 0.5) is 4.79 Å². The summed E-state index contributed by atoms with van der Waals surface area (Å²) < 4.78 is 0. The number of carbonyl (C=O) groups excluding carboxylic acids is 1. The average Bonchev–Trinajstić information content (AvgIpc) is 2.94. The largest absolute Gasteiger partial charge is 0.340 e. The Labute approximate surface area is 137 Å². The Bertz CT molecular complexity index is 610. The molecule has 0 aliphatic heterocycles. The molecule has 0 saturated heterocycles. The smallest absolute Gasteiger partial charge is 0.315 e. The summed E-state index contributed by atoms with van der Waals surface area (Å²) in [6, 6.07) is 7.97. The number of benzene rings is 1. The molecule has 1 saturated carbocycles. The molecule has 23 heavy (non-hydrogen) atoms. The minimum atomic E-state index is -0.143. The molecule has 3 rings (SSSR count). The predicted molar refractivity (Wildman–Crippen MR) is 92.3 cm³/mol. The van der Waals surface area contributed by atoms with Gasteiger partial charge in [0.2, 0.25) is 0 Å². The summed E-state index contributed by atoms with van der Waals surface area (Å²) in [5.74, 6) is 0.791. The van der Waals surface area contributed by atoms with Gasteiger partial charge in [0, 0.05) is 6.04 Å². The summed E-state index contributed by atoms with van der Waals surface area (Å²) in [7, 11) is 0. The number of nitrogens with one attached hydrogen (secondary N) is 3. The molecule has 1 aromatic carbocycles. The molecular weight excluding hydrogens is 288 g/mol. The fourth-order valence-corrected chi connectivity index (χ4v) is 3.27. The maximum atomic E-state index is 12.2. The lowest BCUT2D eigenvalue weighted by atomic mass is 9.97. The molecule has 1 unspecified atom stereocenters. The van der Waals surface area contributed by atoms with Gasteiger partial charge in [0.1, 0.15) is 5.82 Å². The molecule has 1 fully saturated rings. The lowest BCUT2D eigenvalue weighted by Crippen LogP contribution is -2.43. The third-order valence-electron chi connectivity index (χ3n) is 4.61. The first-order chi connectivity index (χ1) is 11.2. The molecular formula is C18H26N4O. The van der Waals surface area contributed by atoms with Crippen molar-refractivity contribution < 1.29 is 4.79 Å². The van der Waals surface area contributed by atoms with E-state index in [9.17, 15) is 4.79 Å². The van der Waals surface area contributed by atoms with E-state index in [4.69, 9.17) is 0 Å². The van der Waals surface area contributed by atoms with Crippen molar-refractivity contribution in [1.29, 1.82) is 0 Å². The highest BCUT2D eigenvalue weighted by Gasteiger charge is 2.17. The van der Waals surface area contributed by atoms with E-state index in [0.717, 1.165) is 29.7 Å². The van der Waals surface area contributed by atoms with E-state index in [0.29, 0.717) is 6.04 Å². The summed E-state index contributed by atoms with van der Waals surface area (Å²) in [6.07, 6.45) is 8.51. The van der Waals surface area contributed by atoms with Crippen LogP contribution >= 0.6 is 0 Å². The molecule has 0 bridgehead atoms. The van der Waals surface area contributed by atoms with E-state index in [-0.39, 0.29) is 12.1 Å². The molecule has 2 amide bonds. The molecule has 2 aromatic rings. The second-order valence-electron chi connectivity index (χ2n) is 6.52. The van der Waals surface area contributed by atoms with Gasteiger partial charge in [-0.1, -0.05) is 44.2 Å². The normalized spacial score (nSPS) is 18.1. The summed E-state index contributed by atoms with van der Waals surface area (Å²) in [5.41, 5.74) is 1.92. The van der Waals surface area contributed by atoms with Crippen LogP contribution in [0.25, 0.3) is 11.0 Å². The number of hydrogen-bond donors (Lipinski definition) is 3. The van der Waals surface area contributed by atoms with Gasteiger partial charge < -0.3 is 15.6 Å². The van der Waals surface area contributed by atoms with Crippen LogP contribution in [0.5, 0.6) is 0 Å². The molecule has 1 atom stereocenters. The number of aromatic nitrogens is 2. The summed E-state index contributed by atoms with van der Waals surface area (Å²) in [5, 5.41) is 6.13. The molecule has 3 N–H and O–H groups in total. The highest BCUT2D eigenvalue weighted by molar-refractivity contribution is 5.76. The fraction of sp³-hybridized carbons (Fsp3) is 0.556. The third-order valence-corrected chi connectivity index (χ3v) is 4.61. The fourth-order valence-electron chi connectivity index (χ4n) is 3.27. The van der Waals surface area contributed by atoms with E-state index in [1.54, 1.807) is 0 Å². The minimum Gasteiger partial charge on any atom is -0.340 e. The quantitative estimate of drug-likeness (QED) is 0.800. The second kappa shape index (κ2) is 7.49. The first-order valence-corrected chi connectivity index (χ1v) is 8.74. The van der Waals surface area contributed by atoms with Crippen molar-refractivity contribution in [2.45, 2.75) is 64.0 Å². The van der Waals surface area contributed by atoms with Crippen molar-refractivity contribution >= 4 is 17.1 Å². The lowest BCUT2D eigenvalue weighted by Gasteiger charge is -2.22. The number of para-hydroxylation sites is 2. The van der Waals surface area contributed by atoms with Crippen LogP contribution in [0.15, 0.2) is 24.3 Å². The first-order valence-electron chi connectivity index (χ1n) is 8.74. The highest BCUT2D eigenvalue weighted by Crippen LogP contribution is 2.18. The standard InChI is InChI=1S/C18H26N4O/c1-13(17-21-15-11-7-8-12-16(15)22-17)19-18(23)20-14-9-5-3-2-4-6-10-14/h7-8,11-14H,2-6,9-10H2,1H3,(H,21,22)(H2,19,20,23). The van der Waals surface area contributed by atoms with Crippen molar-refractivity contribution in [2.75, 3.05) is 0 Å². The van der Waals surface area contributed by atoms with Crippen LogP contribution in [-0.4, -0.2) is 22.0 Å². The number of nitrogens with zero attached hydrogens (tertiary/aromatic N) is 1. The first kappa shape index (κ1) is 15.8. The predicted octanol–water partition coefficient (Wildman–Crippen LogP) is 4.04. The molecule has 1 heterocycles. The van der Waals surface area contributed by atoms with Crippen molar-refractivity contribution in [3.05, 3.63) is 30.1 Å². The van der Waals surface area contributed by atoms with Gasteiger partial charge in [0.25, 0.3) is 0 Å². The summed E-state index contributed by atoms with van der Waals surface area (Å²) in [6.45, 7) is 1.95. The van der Waals surface area contributed by atoms with Gasteiger partial charge in [-0.3, -0.25) is 0 Å². The van der Waals surface area contributed by atoms with Crippen molar-refractivity contribution in [2.24, 2.45) is 0 Å².